The number of fused-ring (bicyclic) bond motifs is 1. The van der Waals surface area contributed by atoms with Gasteiger partial charge in [0.05, 0.1) is 18.9 Å². The van der Waals surface area contributed by atoms with Gasteiger partial charge in [0.15, 0.2) is 0 Å². The van der Waals surface area contributed by atoms with Crippen molar-refractivity contribution in [2.75, 3.05) is 7.11 Å². The van der Waals surface area contributed by atoms with Gasteiger partial charge in [0.1, 0.15) is 18.5 Å². The minimum absolute atomic E-state index is 0.109. The maximum atomic E-state index is 13.3. The molecule has 9 heteroatoms. The van der Waals surface area contributed by atoms with Crippen molar-refractivity contribution in [2.45, 2.75) is 19.0 Å². The van der Waals surface area contributed by atoms with Crippen molar-refractivity contribution in [3.05, 3.63) is 100 Å². The molecule has 1 aromatic heterocycles. The van der Waals surface area contributed by atoms with Crippen LogP contribution >= 0.6 is 0 Å². The van der Waals surface area contributed by atoms with Gasteiger partial charge in [-0.15, -0.1) is 0 Å². The number of benzene rings is 3. The molecule has 1 unspecified atom stereocenters. The second-order valence-corrected chi connectivity index (χ2v) is 8.00. The molecule has 0 fully saturated rings. The summed E-state index contributed by atoms with van der Waals surface area (Å²) in [5.41, 5.74) is 2.67. The van der Waals surface area contributed by atoms with E-state index in [2.05, 4.69) is 17.1 Å². The van der Waals surface area contributed by atoms with Crippen molar-refractivity contribution in [1.82, 2.24) is 14.6 Å². The lowest BCUT2D eigenvalue weighted by atomic mass is 9.97. The Morgan fingerprint density at radius 1 is 1.12 bits per heavy atom. The number of imidazole rings is 1. The molecular weight excluding hydrogens is 434 g/mol. The standard InChI is InChI=1S/C25H21N5O4/c1-34-21-10-8-18(9-11-21)23-13-22(20-7-6-17-4-2-3-5-19(17)12-20)27-29(23)25(31)15-28-14-24(26-16-28)30(32)33/h2-12,14,16,23H,13,15H2,1H3. The Hall–Kier alpha value is -4.53. The molecule has 0 aliphatic carbocycles. The van der Waals surface area contributed by atoms with Gasteiger partial charge in [-0.2, -0.15) is 5.10 Å². The molecule has 1 aliphatic rings. The molecule has 3 aromatic carbocycles. The molecule has 4 aromatic rings. The predicted octanol–water partition coefficient (Wildman–Crippen LogP) is 4.33. The highest BCUT2D eigenvalue weighted by atomic mass is 16.6. The number of carbonyl (C=O) groups is 1. The third-order valence-corrected chi connectivity index (χ3v) is 5.87. The van der Waals surface area contributed by atoms with Gasteiger partial charge in [0.25, 0.3) is 5.91 Å². The van der Waals surface area contributed by atoms with Gasteiger partial charge in [-0.1, -0.05) is 48.5 Å². The molecule has 1 atom stereocenters. The fraction of sp³-hybridized carbons (Fsp3) is 0.160. The van der Waals surface area contributed by atoms with Crippen LogP contribution in [0.1, 0.15) is 23.6 Å². The molecule has 0 saturated carbocycles. The molecule has 2 heterocycles. The van der Waals surface area contributed by atoms with Crippen LogP contribution in [0.15, 0.2) is 84.4 Å². The van der Waals surface area contributed by atoms with Crippen LogP contribution in [0.5, 0.6) is 5.75 Å². The highest BCUT2D eigenvalue weighted by Gasteiger charge is 2.33. The topological polar surface area (TPSA) is 103 Å². The van der Waals surface area contributed by atoms with Crippen LogP contribution in [0.4, 0.5) is 5.82 Å². The molecule has 5 rings (SSSR count). The van der Waals surface area contributed by atoms with Crippen LogP contribution in [-0.4, -0.2) is 38.2 Å². The lowest BCUT2D eigenvalue weighted by molar-refractivity contribution is -0.389. The lowest BCUT2D eigenvalue weighted by Crippen LogP contribution is -2.30. The van der Waals surface area contributed by atoms with Crippen LogP contribution < -0.4 is 4.74 Å². The number of amides is 1. The number of methoxy groups -OCH3 is 1. The molecule has 0 spiro atoms. The van der Waals surface area contributed by atoms with Crippen molar-refractivity contribution in [3.8, 4) is 5.75 Å². The molecule has 170 valence electrons. The monoisotopic (exact) mass is 455 g/mol. The normalized spacial score (nSPS) is 15.4. The maximum Gasteiger partial charge on any atom is 0.381 e. The SMILES string of the molecule is COc1ccc(C2CC(c3ccc4ccccc4c3)=NN2C(=O)Cn2cnc([N+](=O)[O-])c2)cc1. The third kappa shape index (κ3) is 4.11. The van der Waals surface area contributed by atoms with Crippen LogP contribution in [-0.2, 0) is 11.3 Å². The molecular formula is C25H21N5O4. The van der Waals surface area contributed by atoms with E-state index in [9.17, 15) is 14.9 Å². The van der Waals surface area contributed by atoms with Gasteiger partial charge in [-0.3, -0.25) is 4.79 Å². The number of hydrazone groups is 1. The molecule has 0 N–H and O–H groups in total. The Labute approximate surface area is 195 Å². The molecule has 1 aliphatic heterocycles. The average Bonchev–Trinajstić information content (AvgIpc) is 3.52. The number of hydrogen-bond donors (Lipinski definition) is 0. The highest BCUT2D eigenvalue weighted by molar-refractivity contribution is 6.05. The lowest BCUT2D eigenvalue weighted by Gasteiger charge is -2.22. The molecule has 0 bridgehead atoms. The zero-order chi connectivity index (χ0) is 23.7. The number of rotatable bonds is 6. The van der Waals surface area contributed by atoms with Crippen LogP contribution in [0.2, 0.25) is 0 Å². The summed E-state index contributed by atoms with van der Waals surface area (Å²) in [6, 6.07) is 21.5. The Morgan fingerprint density at radius 2 is 1.88 bits per heavy atom. The zero-order valence-corrected chi connectivity index (χ0v) is 18.4. The third-order valence-electron chi connectivity index (χ3n) is 5.87. The van der Waals surface area contributed by atoms with E-state index >= 15 is 0 Å². The van der Waals surface area contributed by atoms with Crippen molar-refractivity contribution < 1.29 is 14.5 Å². The van der Waals surface area contributed by atoms with Gasteiger partial charge < -0.3 is 19.4 Å². The second kappa shape index (κ2) is 8.78. The Bertz CT molecular complexity index is 1410. The number of ether oxygens (including phenoxy) is 1. The van der Waals surface area contributed by atoms with Crippen molar-refractivity contribution in [1.29, 1.82) is 0 Å². The minimum atomic E-state index is -0.590. The van der Waals surface area contributed by atoms with Gasteiger partial charge >= 0.3 is 5.82 Å². The summed E-state index contributed by atoms with van der Waals surface area (Å²) in [7, 11) is 1.60. The molecule has 0 saturated heterocycles. The van der Waals surface area contributed by atoms with Crippen molar-refractivity contribution >= 4 is 28.2 Å². The van der Waals surface area contributed by atoms with E-state index < -0.39 is 4.92 Å². The quantitative estimate of drug-likeness (QED) is 0.318. The fourth-order valence-electron chi connectivity index (χ4n) is 4.13. The summed E-state index contributed by atoms with van der Waals surface area (Å²) in [6.45, 7) is -0.109. The summed E-state index contributed by atoms with van der Waals surface area (Å²) in [6.07, 6.45) is 3.06. The first-order chi connectivity index (χ1) is 16.5. The largest absolute Gasteiger partial charge is 0.497 e. The van der Waals surface area contributed by atoms with Gasteiger partial charge in [-0.05, 0) is 50.0 Å². The number of nitro groups is 1. The van der Waals surface area contributed by atoms with Crippen LogP contribution in [0.25, 0.3) is 10.8 Å². The van der Waals surface area contributed by atoms with E-state index in [1.165, 1.54) is 22.1 Å². The molecule has 9 nitrogen and oxygen atoms in total. The van der Waals surface area contributed by atoms with Crippen LogP contribution in [0, 0.1) is 10.1 Å². The zero-order valence-electron chi connectivity index (χ0n) is 18.4. The Balaban J connectivity index is 1.48. The smallest absolute Gasteiger partial charge is 0.381 e. The van der Waals surface area contributed by atoms with Gasteiger partial charge in [0, 0.05) is 6.42 Å². The summed E-state index contributed by atoms with van der Waals surface area (Å²) in [5.74, 6) is 0.131. The molecule has 1 amide bonds. The summed E-state index contributed by atoms with van der Waals surface area (Å²) in [4.78, 5) is 27.3. The van der Waals surface area contributed by atoms with Gasteiger partial charge in [-0.25, -0.2) is 5.01 Å². The Kier molecular flexibility index (Phi) is 5.51. The minimum Gasteiger partial charge on any atom is -0.497 e. The predicted molar refractivity (Wildman–Crippen MR) is 127 cm³/mol. The number of carbonyl (C=O) groups excluding carboxylic acids is 1. The number of aromatic nitrogens is 2. The average molecular weight is 455 g/mol. The fourth-order valence-corrected chi connectivity index (χ4v) is 4.13. The van der Waals surface area contributed by atoms with E-state index in [-0.39, 0.29) is 24.3 Å². The van der Waals surface area contributed by atoms with E-state index in [0.717, 1.165) is 33.4 Å². The highest BCUT2D eigenvalue weighted by Crippen LogP contribution is 2.34. The summed E-state index contributed by atoms with van der Waals surface area (Å²) < 4.78 is 6.66. The van der Waals surface area contributed by atoms with Gasteiger partial charge in [0.2, 0.25) is 6.33 Å². The van der Waals surface area contributed by atoms with E-state index in [1.807, 2.05) is 54.6 Å². The van der Waals surface area contributed by atoms with Crippen molar-refractivity contribution in [3.63, 3.8) is 0 Å². The first-order valence-electron chi connectivity index (χ1n) is 10.7. The van der Waals surface area contributed by atoms with E-state index in [0.29, 0.717) is 6.42 Å². The second-order valence-electron chi connectivity index (χ2n) is 8.00. The van der Waals surface area contributed by atoms with E-state index in [4.69, 9.17) is 9.84 Å². The van der Waals surface area contributed by atoms with E-state index in [1.54, 1.807) is 7.11 Å². The Morgan fingerprint density at radius 3 is 2.59 bits per heavy atom. The summed E-state index contributed by atoms with van der Waals surface area (Å²) >= 11 is 0. The van der Waals surface area contributed by atoms with Crippen LogP contribution in [0.3, 0.4) is 0 Å². The number of nitrogens with zero attached hydrogens (tertiary/aromatic N) is 5. The first kappa shape index (κ1) is 21.3. The molecule has 0 radical (unpaired) electrons. The van der Waals surface area contributed by atoms with Crippen molar-refractivity contribution in [2.24, 2.45) is 5.10 Å². The molecule has 34 heavy (non-hydrogen) atoms. The summed E-state index contributed by atoms with van der Waals surface area (Å²) in [5, 5.41) is 19.3. The number of hydrogen-bond acceptors (Lipinski definition) is 6. The maximum absolute atomic E-state index is 13.3. The first-order valence-corrected chi connectivity index (χ1v) is 10.7.